The minimum absolute atomic E-state index is 0. The number of benzene rings is 2. The normalized spacial score (nSPS) is 18.9. The Morgan fingerprint density at radius 2 is 1.71 bits per heavy atom. The lowest BCUT2D eigenvalue weighted by Crippen LogP contribution is -2.32. The Labute approximate surface area is 171 Å². The fourth-order valence-corrected chi connectivity index (χ4v) is 3.69. The van der Waals surface area contributed by atoms with E-state index in [1.165, 1.54) is 12.5 Å². The van der Waals surface area contributed by atoms with E-state index < -0.39 is 0 Å². The van der Waals surface area contributed by atoms with E-state index in [1.54, 1.807) is 18.2 Å². The van der Waals surface area contributed by atoms with Gasteiger partial charge in [-0.05, 0) is 36.2 Å². The SMILES string of the molecule is CC(=O)Nc1cccc(NC(=O)CN2C[C@@H](CN)[C@H](c3ccccc3)C2)c1.Cl. The molecule has 2 aromatic carbocycles. The third-order valence-electron chi connectivity index (χ3n) is 4.88. The van der Waals surface area contributed by atoms with E-state index in [9.17, 15) is 9.59 Å². The Hall–Kier alpha value is -2.41. The summed E-state index contributed by atoms with van der Waals surface area (Å²) in [5, 5.41) is 5.62. The average Bonchev–Trinajstić information content (AvgIpc) is 3.05. The summed E-state index contributed by atoms with van der Waals surface area (Å²) in [7, 11) is 0. The molecule has 3 rings (SSSR count). The lowest BCUT2D eigenvalue weighted by atomic mass is 9.89. The molecule has 0 aromatic heterocycles. The predicted molar refractivity (Wildman–Crippen MR) is 115 cm³/mol. The summed E-state index contributed by atoms with van der Waals surface area (Å²) < 4.78 is 0. The van der Waals surface area contributed by atoms with Crippen LogP contribution in [0.3, 0.4) is 0 Å². The summed E-state index contributed by atoms with van der Waals surface area (Å²) in [5.41, 5.74) is 8.58. The smallest absolute Gasteiger partial charge is 0.238 e. The van der Waals surface area contributed by atoms with Crippen molar-refractivity contribution in [3.05, 3.63) is 60.2 Å². The number of nitrogens with two attached hydrogens (primary N) is 1. The first kappa shape index (κ1) is 21.9. The van der Waals surface area contributed by atoms with Gasteiger partial charge in [0.05, 0.1) is 6.54 Å². The van der Waals surface area contributed by atoms with Crippen LogP contribution in [0.4, 0.5) is 11.4 Å². The van der Waals surface area contributed by atoms with E-state index in [2.05, 4.69) is 27.7 Å². The van der Waals surface area contributed by atoms with E-state index >= 15 is 0 Å². The van der Waals surface area contributed by atoms with Gasteiger partial charge in [-0.2, -0.15) is 0 Å². The van der Waals surface area contributed by atoms with Gasteiger partial charge in [0.2, 0.25) is 11.8 Å². The van der Waals surface area contributed by atoms with Gasteiger partial charge in [-0.3, -0.25) is 14.5 Å². The number of carbonyl (C=O) groups excluding carboxylic acids is 2. The molecule has 1 heterocycles. The highest BCUT2D eigenvalue weighted by Gasteiger charge is 2.33. The van der Waals surface area contributed by atoms with Crippen molar-refractivity contribution in [2.24, 2.45) is 11.7 Å². The van der Waals surface area contributed by atoms with Gasteiger partial charge in [-0.1, -0.05) is 36.4 Å². The third-order valence-corrected chi connectivity index (χ3v) is 4.88. The van der Waals surface area contributed by atoms with E-state index in [0.29, 0.717) is 36.3 Å². The van der Waals surface area contributed by atoms with Crippen LogP contribution in [-0.4, -0.2) is 42.9 Å². The summed E-state index contributed by atoms with van der Waals surface area (Å²) in [6.45, 7) is 4.02. The number of nitrogens with zero attached hydrogens (tertiary/aromatic N) is 1. The first-order valence-electron chi connectivity index (χ1n) is 9.20. The largest absolute Gasteiger partial charge is 0.330 e. The number of nitrogens with one attached hydrogen (secondary N) is 2. The second-order valence-electron chi connectivity index (χ2n) is 7.02. The lowest BCUT2D eigenvalue weighted by Gasteiger charge is -2.16. The molecule has 1 aliphatic heterocycles. The average molecular weight is 403 g/mol. The minimum atomic E-state index is -0.143. The number of likely N-dealkylation sites (tertiary alicyclic amines) is 1. The summed E-state index contributed by atoms with van der Waals surface area (Å²) in [4.78, 5) is 25.8. The van der Waals surface area contributed by atoms with Crippen molar-refractivity contribution in [2.75, 3.05) is 36.8 Å². The van der Waals surface area contributed by atoms with Gasteiger partial charge in [0, 0.05) is 37.3 Å². The van der Waals surface area contributed by atoms with Gasteiger partial charge in [0.1, 0.15) is 0 Å². The summed E-state index contributed by atoms with van der Waals surface area (Å²) >= 11 is 0. The Balaban J connectivity index is 0.00000280. The number of hydrogen-bond acceptors (Lipinski definition) is 4. The van der Waals surface area contributed by atoms with Gasteiger partial charge in [-0.15, -0.1) is 12.4 Å². The van der Waals surface area contributed by atoms with E-state index in [4.69, 9.17) is 5.73 Å². The zero-order valence-electron chi connectivity index (χ0n) is 15.9. The molecule has 0 radical (unpaired) electrons. The van der Waals surface area contributed by atoms with Crippen LogP contribution in [0.25, 0.3) is 0 Å². The molecule has 6 nitrogen and oxygen atoms in total. The quantitative estimate of drug-likeness (QED) is 0.693. The summed E-state index contributed by atoms with van der Waals surface area (Å²) in [6.07, 6.45) is 0. The van der Waals surface area contributed by atoms with Crippen molar-refractivity contribution < 1.29 is 9.59 Å². The number of hydrogen-bond donors (Lipinski definition) is 3. The van der Waals surface area contributed by atoms with E-state index in [1.807, 2.05) is 24.3 Å². The zero-order valence-corrected chi connectivity index (χ0v) is 16.7. The minimum Gasteiger partial charge on any atom is -0.330 e. The van der Waals surface area contributed by atoms with Gasteiger partial charge in [0.15, 0.2) is 0 Å². The molecule has 1 fully saturated rings. The molecule has 0 bridgehead atoms. The Kier molecular flexibility index (Phi) is 7.99. The molecule has 150 valence electrons. The van der Waals surface area contributed by atoms with Gasteiger partial charge < -0.3 is 16.4 Å². The van der Waals surface area contributed by atoms with Gasteiger partial charge in [0.25, 0.3) is 0 Å². The summed E-state index contributed by atoms with van der Waals surface area (Å²) in [6, 6.07) is 17.5. The molecule has 4 N–H and O–H groups in total. The standard InChI is InChI=1S/C21H26N4O2.ClH/c1-15(26)23-18-8-5-9-19(10-18)24-21(27)14-25-12-17(11-22)20(13-25)16-6-3-2-4-7-16;/h2-10,17,20H,11-14,22H2,1H3,(H,23,26)(H,24,27);1H/t17-,20+;/m1./s1. The first-order chi connectivity index (χ1) is 13.0. The Morgan fingerprint density at radius 1 is 1.04 bits per heavy atom. The van der Waals surface area contributed by atoms with Crippen molar-refractivity contribution in [3.63, 3.8) is 0 Å². The van der Waals surface area contributed by atoms with Crippen molar-refractivity contribution in [3.8, 4) is 0 Å². The maximum atomic E-state index is 12.5. The van der Waals surface area contributed by atoms with Crippen molar-refractivity contribution in [2.45, 2.75) is 12.8 Å². The molecule has 2 amide bonds. The lowest BCUT2D eigenvalue weighted by molar-refractivity contribution is -0.117. The van der Waals surface area contributed by atoms with Crippen LogP contribution in [0.2, 0.25) is 0 Å². The van der Waals surface area contributed by atoms with Crippen LogP contribution >= 0.6 is 12.4 Å². The number of anilines is 2. The molecule has 1 aliphatic rings. The highest BCUT2D eigenvalue weighted by molar-refractivity contribution is 5.94. The molecular weight excluding hydrogens is 376 g/mol. The second kappa shape index (κ2) is 10.2. The van der Waals surface area contributed by atoms with Crippen molar-refractivity contribution >= 4 is 35.6 Å². The van der Waals surface area contributed by atoms with E-state index in [0.717, 1.165) is 13.1 Å². The fraction of sp³-hybridized carbons (Fsp3) is 0.333. The molecule has 7 heteroatoms. The van der Waals surface area contributed by atoms with Crippen LogP contribution in [0.5, 0.6) is 0 Å². The van der Waals surface area contributed by atoms with Crippen LogP contribution in [-0.2, 0) is 9.59 Å². The van der Waals surface area contributed by atoms with Gasteiger partial charge >= 0.3 is 0 Å². The molecule has 0 spiro atoms. The second-order valence-corrected chi connectivity index (χ2v) is 7.02. The molecule has 0 unspecified atom stereocenters. The number of carbonyl (C=O) groups is 2. The molecule has 0 saturated carbocycles. The fourth-order valence-electron chi connectivity index (χ4n) is 3.69. The molecule has 2 atom stereocenters. The number of rotatable bonds is 6. The first-order valence-corrected chi connectivity index (χ1v) is 9.20. The zero-order chi connectivity index (χ0) is 19.2. The number of halogens is 1. The predicted octanol–water partition coefficient (Wildman–Crippen LogP) is 2.68. The maximum Gasteiger partial charge on any atom is 0.238 e. The van der Waals surface area contributed by atoms with Gasteiger partial charge in [-0.25, -0.2) is 0 Å². The third kappa shape index (κ3) is 5.79. The monoisotopic (exact) mass is 402 g/mol. The van der Waals surface area contributed by atoms with E-state index in [-0.39, 0.29) is 24.2 Å². The van der Waals surface area contributed by atoms with Crippen LogP contribution in [0.15, 0.2) is 54.6 Å². The molecular formula is C21H27ClN4O2. The Morgan fingerprint density at radius 3 is 2.36 bits per heavy atom. The van der Waals surface area contributed by atoms with Crippen molar-refractivity contribution in [1.29, 1.82) is 0 Å². The number of amides is 2. The molecule has 2 aromatic rings. The maximum absolute atomic E-state index is 12.5. The van der Waals surface area contributed by atoms with Crippen LogP contribution in [0, 0.1) is 5.92 Å². The molecule has 28 heavy (non-hydrogen) atoms. The highest BCUT2D eigenvalue weighted by atomic mass is 35.5. The van der Waals surface area contributed by atoms with Crippen LogP contribution < -0.4 is 16.4 Å². The highest BCUT2D eigenvalue weighted by Crippen LogP contribution is 2.31. The topological polar surface area (TPSA) is 87.5 Å². The Bertz CT molecular complexity index is 800. The summed E-state index contributed by atoms with van der Waals surface area (Å²) in [5.74, 6) is 0.491. The molecule has 1 saturated heterocycles. The van der Waals surface area contributed by atoms with Crippen molar-refractivity contribution in [1.82, 2.24) is 4.90 Å². The van der Waals surface area contributed by atoms with Crippen LogP contribution in [0.1, 0.15) is 18.4 Å². The molecule has 0 aliphatic carbocycles.